The van der Waals surface area contributed by atoms with E-state index < -0.39 is 11.9 Å². The Bertz CT molecular complexity index is 984. The Morgan fingerprint density at radius 3 is 1.91 bits per heavy atom. The van der Waals surface area contributed by atoms with Gasteiger partial charge in [0.2, 0.25) is 0 Å². The molecule has 8 heteroatoms. The summed E-state index contributed by atoms with van der Waals surface area (Å²) in [5, 5.41) is 2.29. The number of carbonyl (C=O) groups excluding carboxylic acids is 5. The number of amides is 2. The van der Waals surface area contributed by atoms with Crippen molar-refractivity contribution >= 4 is 35.8 Å². The smallest absolute Gasteiger partial charge is 0.338 e. The van der Waals surface area contributed by atoms with Gasteiger partial charge in [-0.3, -0.25) is 14.9 Å². The Labute approximate surface area is 205 Å². The van der Waals surface area contributed by atoms with Crippen LogP contribution in [0.25, 0.3) is 6.08 Å². The van der Waals surface area contributed by atoms with Crippen molar-refractivity contribution in [1.82, 2.24) is 5.32 Å². The third kappa shape index (κ3) is 11.6. The molecule has 0 atom stereocenters. The van der Waals surface area contributed by atoms with E-state index in [9.17, 15) is 24.0 Å². The molecule has 1 aromatic carbocycles. The van der Waals surface area contributed by atoms with Gasteiger partial charge in [0, 0.05) is 29.4 Å². The van der Waals surface area contributed by atoms with Crippen LogP contribution in [0.15, 0.2) is 72.9 Å². The summed E-state index contributed by atoms with van der Waals surface area (Å²) in [5.41, 5.74) is 2.32. The summed E-state index contributed by atoms with van der Waals surface area (Å²) in [6.07, 6.45) is 11.2. The first kappa shape index (κ1) is 29.0. The minimum Gasteiger partial charge on any atom is -0.466 e. The van der Waals surface area contributed by atoms with Gasteiger partial charge in [-0.05, 0) is 31.2 Å². The number of esters is 3. The van der Waals surface area contributed by atoms with Crippen LogP contribution in [0, 0.1) is 5.92 Å². The third-order valence-electron chi connectivity index (χ3n) is 4.96. The molecule has 0 bridgehead atoms. The summed E-state index contributed by atoms with van der Waals surface area (Å²) in [7, 11) is 1.33. The number of benzene rings is 1. The summed E-state index contributed by atoms with van der Waals surface area (Å²) in [5.74, 6) is -1.59. The van der Waals surface area contributed by atoms with Crippen LogP contribution >= 0.6 is 0 Å². The van der Waals surface area contributed by atoms with E-state index in [0.717, 1.165) is 25.0 Å². The predicted octanol–water partition coefficient (Wildman–Crippen LogP) is 3.84. The number of hydrogen-bond donors (Lipinski definition) is 1. The minimum absolute atomic E-state index is 0.170. The van der Waals surface area contributed by atoms with Gasteiger partial charge in [-0.15, -0.1) is 0 Å². The van der Waals surface area contributed by atoms with Gasteiger partial charge in [0.25, 0.3) is 11.8 Å². The van der Waals surface area contributed by atoms with E-state index in [0.29, 0.717) is 17.1 Å². The lowest BCUT2D eigenvalue weighted by molar-refractivity contribution is -0.150. The quantitative estimate of drug-likeness (QED) is 0.302. The summed E-state index contributed by atoms with van der Waals surface area (Å²) < 4.78 is 8.25. The summed E-state index contributed by atoms with van der Waals surface area (Å²) in [6, 6.07) is 10.0. The Kier molecular flexibility index (Phi) is 13.0. The Morgan fingerprint density at radius 2 is 1.60 bits per heavy atom. The molecule has 0 aromatic heterocycles. The molecule has 1 aliphatic carbocycles. The molecule has 35 heavy (non-hydrogen) atoms. The highest BCUT2D eigenvalue weighted by Crippen LogP contribution is 2.30. The average molecular weight is 482 g/mol. The average Bonchev–Trinajstić information content (AvgIpc) is 3.42. The molecule has 1 saturated carbocycles. The van der Waals surface area contributed by atoms with Crippen molar-refractivity contribution in [3.63, 3.8) is 0 Å². The molecule has 0 saturated heterocycles. The van der Waals surface area contributed by atoms with Gasteiger partial charge >= 0.3 is 17.9 Å². The first-order valence-corrected chi connectivity index (χ1v) is 11.1. The Hall–Kier alpha value is -4.07. The molecule has 3 aliphatic rings. The van der Waals surface area contributed by atoms with Crippen LogP contribution in [0.3, 0.4) is 0 Å². The summed E-state index contributed by atoms with van der Waals surface area (Å²) in [6.45, 7) is 8.59. The number of nitrogens with one attached hydrogen (secondary N) is 1. The number of ether oxygens (including phenoxy) is 2. The van der Waals surface area contributed by atoms with Gasteiger partial charge in [-0.1, -0.05) is 68.8 Å². The first-order valence-electron chi connectivity index (χ1n) is 11.1. The van der Waals surface area contributed by atoms with Gasteiger partial charge in [0.15, 0.2) is 0 Å². The van der Waals surface area contributed by atoms with Crippen molar-refractivity contribution in [3.05, 3.63) is 78.4 Å². The van der Waals surface area contributed by atoms with Gasteiger partial charge in [0.05, 0.1) is 7.11 Å². The second kappa shape index (κ2) is 15.7. The highest BCUT2D eigenvalue weighted by Gasteiger charge is 2.28. The van der Waals surface area contributed by atoms with Crippen LogP contribution in [0.1, 0.15) is 44.6 Å². The molecular weight excluding hydrogens is 450 g/mol. The van der Waals surface area contributed by atoms with Gasteiger partial charge in [0.1, 0.15) is 0 Å². The highest BCUT2D eigenvalue weighted by atomic mass is 16.6. The van der Waals surface area contributed by atoms with E-state index in [4.69, 9.17) is 0 Å². The fraction of sp³-hybridized carbons (Fsp3) is 0.296. The van der Waals surface area contributed by atoms with E-state index in [1.807, 2.05) is 36.4 Å². The number of carbonyl (C=O) groups is 5. The van der Waals surface area contributed by atoms with Gasteiger partial charge in [-0.2, -0.15) is 0 Å². The maximum Gasteiger partial charge on any atom is 0.338 e. The molecule has 4 rings (SSSR count). The monoisotopic (exact) mass is 481 g/mol. The first-order chi connectivity index (χ1) is 16.7. The van der Waals surface area contributed by atoms with Crippen LogP contribution in [-0.2, 0) is 33.4 Å². The maximum atomic E-state index is 11.3. The fourth-order valence-electron chi connectivity index (χ4n) is 3.21. The van der Waals surface area contributed by atoms with Crippen LogP contribution in [0.2, 0.25) is 0 Å². The summed E-state index contributed by atoms with van der Waals surface area (Å²) in [4.78, 5) is 52.2. The number of hydrogen-bond acceptors (Lipinski definition) is 7. The SMILES string of the molecule is C=C(C)C(=O)OC.C=Cc1ccccc1.O=C1C=C(C2CCCCC2)C(=O)N1.O=C1C=CC(=O)O1. The second-order valence-corrected chi connectivity index (χ2v) is 7.71. The number of rotatable bonds is 3. The van der Waals surface area contributed by atoms with Gasteiger partial charge in [-0.25, -0.2) is 14.4 Å². The second-order valence-electron chi connectivity index (χ2n) is 7.71. The fourth-order valence-corrected chi connectivity index (χ4v) is 3.21. The topological polar surface area (TPSA) is 116 Å². The van der Waals surface area contributed by atoms with Crippen molar-refractivity contribution in [2.75, 3.05) is 7.11 Å². The molecule has 0 unspecified atom stereocenters. The zero-order valence-electron chi connectivity index (χ0n) is 20.1. The van der Waals surface area contributed by atoms with Crippen molar-refractivity contribution in [2.45, 2.75) is 39.0 Å². The van der Waals surface area contributed by atoms with E-state index >= 15 is 0 Å². The van der Waals surface area contributed by atoms with Crippen LogP contribution < -0.4 is 5.32 Å². The lowest BCUT2D eigenvalue weighted by Crippen LogP contribution is -2.24. The van der Waals surface area contributed by atoms with E-state index in [-0.39, 0.29) is 17.8 Å². The van der Waals surface area contributed by atoms with E-state index in [2.05, 4.69) is 27.9 Å². The van der Waals surface area contributed by atoms with Gasteiger partial charge < -0.3 is 9.47 Å². The number of methoxy groups -OCH3 is 1. The molecule has 2 heterocycles. The zero-order chi connectivity index (χ0) is 26.2. The zero-order valence-corrected chi connectivity index (χ0v) is 20.1. The molecule has 1 fully saturated rings. The molecule has 2 aliphatic heterocycles. The molecule has 186 valence electrons. The maximum absolute atomic E-state index is 11.3. The molecule has 1 aromatic rings. The van der Waals surface area contributed by atoms with Crippen molar-refractivity contribution in [2.24, 2.45) is 5.92 Å². The Morgan fingerprint density at radius 1 is 1.03 bits per heavy atom. The predicted molar refractivity (Wildman–Crippen MR) is 131 cm³/mol. The standard InChI is InChI=1S/C10H13NO2.C8H8.C5H8O2.C4H2O3/c12-9-6-8(10(13)11-9)7-4-2-1-3-5-7;1-2-8-6-4-3-5-7-8;1-4(2)5(6)7-3;5-3-1-2-4(6)7-3/h6-7H,1-5H2,(H,11,12,13);2-7H,1H2;1H2,2-3H3;1-2H. The van der Waals surface area contributed by atoms with Crippen LogP contribution in [0.5, 0.6) is 0 Å². The highest BCUT2D eigenvalue weighted by molar-refractivity contribution is 6.16. The largest absolute Gasteiger partial charge is 0.466 e. The number of imide groups is 1. The minimum atomic E-state index is -0.579. The molecule has 8 nitrogen and oxygen atoms in total. The third-order valence-corrected chi connectivity index (χ3v) is 4.96. The van der Waals surface area contributed by atoms with E-state index in [1.165, 1.54) is 38.0 Å². The summed E-state index contributed by atoms with van der Waals surface area (Å²) >= 11 is 0. The van der Waals surface area contributed by atoms with Crippen molar-refractivity contribution in [1.29, 1.82) is 0 Å². The molecular formula is C27H31NO7. The van der Waals surface area contributed by atoms with E-state index in [1.54, 1.807) is 6.92 Å². The molecule has 1 N–H and O–H groups in total. The molecule has 0 spiro atoms. The van der Waals surface area contributed by atoms with Crippen molar-refractivity contribution in [3.8, 4) is 0 Å². The molecule has 0 radical (unpaired) electrons. The number of cyclic esters (lactones) is 2. The van der Waals surface area contributed by atoms with Crippen LogP contribution in [0.4, 0.5) is 0 Å². The lowest BCUT2D eigenvalue weighted by Gasteiger charge is -2.21. The van der Waals surface area contributed by atoms with Crippen LogP contribution in [-0.4, -0.2) is 36.8 Å². The normalized spacial score (nSPS) is 16.1. The Balaban J connectivity index is 0.000000244. The van der Waals surface area contributed by atoms with Crippen molar-refractivity contribution < 1.29 is 33.4 Å². The lowest BCUT2D eigenvalue weighted by atomic mass is 9.84. The molecule has 2 amide bonds.